The molecule has 0 aromatic rings. The maximum atomic E-state index is 12.7. The first-order chi connectivity index (χ1) is 12.5. The van der Waals surface area contributed by atoms with Crippen molar-refractivity contribution in [3.8, 4) is 0 Å². The van der Waals surface area contributed by atoms with Gasteiger partial charge in [0.2, 0.25) is 11.8 Å². The van der Waals surface area contributed by atoms with Crippen molar-refractivity contribution in [1.29, 1.82) is 0 Å². The molecule has 2 amide bonds. The number of amides is 2. The van der Waals surface area contributed by atoms with E-state index in [1.807, 2.05) is 4.90 Å². The predicted molar refractivity (Wildman–Crippen MR) is 99.6 cm³/mol. The van der Waals surface area contributed by atoms with Crippen LogP contribution in [0.5, 0.6) is 0 Å². The first kappa shape index (κ1) is 19.6. The van der Waals surface area contributed by atoms with Gasteiger partial charge < -0.3 is 20.7 Å². The fraction of sp³-hybridized carbons (Fsp3) is 0.895. The summed E-state index contributed by atoms with van der Waals surface area (Å²) >= 11 is 0. The van der Waals surface area contributed by atoms with Gasteiger partial charge in [-0.2, -0.15) is 0 Å². The van der Waals surface area contributed by atoms with Crippen molar-refractivity contribution in [2.75, 3.05) is 45.9 Å². The molecule has 0 aromatic heterocycles. The molecular weight excluding hydrogens is 332 g/mol. The number of rotatable bonds is 4. The lowest BCUT2D eigenvalue weighted by atomic mass is 9.87. The molecule has 2 atom stereocenters. The van der Waals surface area contributed by atoms with Gasteiger partial charge >= 0.3 is 0 Å². The molecule has 0 bridgehead atoms. The van der Waals surface area contributed by atoms with Crippen LogP contribution in [0.3, 0.4) is 0 Å². The van der Waals surface area contributed by atoms with Gasteiger partial charge in [-0.25, -0.2) is 0 Å². The summed E-state index contributed by atoms with van der Waals surface area (Å²) < 4.78 is 5.33. The van der Waals surface area contributed by atoms with Crippen molar-refractivity contribution < 1.29 is 14.3 Å². The molecule has 7 heteroatoms. The fourth-order valence-electron chi connectivity index (χ4n) is 4.42. The molecule has 3 aliphatic rings. The van der Waals surface area contributed by atoms with Gasteiger partial charge in [0.1, 0.15) is 0 Å². The van der Waals surface area contributed by atoms with Crippen LogP contribution in [0.4, 0.5) is 0 Å². The summed E-state index contributed by atoms with van der Waals surface area (Å²) in [5.74, 6) is 0.863. The molecule has 148 valence electrons. The molecule has 3 fully saturated rings. The van der Waals surface area contributed by atoms with Crippen molar-refractivity contribution in [1.82, 2.24) is 15.1 Å². The van der Waals surface area contributed by atoms with E-state index in [4.69, 9.17) is 10.5 Å². The van der Waals surface area contributed by atoms with Crippen LogP contribution in [0.2, 0.25) is 0 Å². The third-order valence-corrected chi connectivity index (χ3v) is 6.14. The third kappa shape index (κ3) is 4.96. The quantitative estimate of drug-likeness (QED) is 0.749. The topological polar surface area (TPSA) is 87.9 Å². The van der Waals surface area contributed by atoms with E-state index >= 15 is 0 Å². The second kappa shape index (κ2) is 8.67. The highest BCUT2D eigenvalue weighted by Gasteiger charge is 2.39. The normalized spacial score (nSPS) is 30.0. The third-order valence-electron chi connectivity index (χ3n) is 6.14. The molecule has 2 aliphatic heterocycles. The fourth-order valence-corrected chi connectivity index (χ4v) is 4.42. The van der Waals surface area contributed by atoms with Gasteiger partial charge in [-0.1, -0.05) is 19.8 Å². The van der Waals surface area contributed by atoms with E-state index < -0.39 is 5.54 Å². The smallest absolute Gasteiger partial charge is 0.242 e. The lowest BCUT2D eigenvalue weighted by molar-refractivity contribution is -0.142. The maximum absolute atomic E-state index is 12.7. The Hall–Kier alpha value is -1.18. The van der Waals surface area contributed by atoms with Gasteiger partial charge in [0.05, 0.1) is 12.1 Å². The lowest BCUT2D eigenvalue weighted by Crippen LogP contribution is -2.61. The molecular formula is C19H34N4O3. The number of nitrogens with one attached hydrogen (secondary N) is 1. The SMILES string of the molecule is CC1CCCC(NC(=O)CN2CCN(C(=O)C3(N)CCOCC3)CC2)C1. The van der Waals surface area contributed by atoms with Gasteiger partial charge in [0.15, 0.2) is 0 Å². The van der Waals surface area contributed by atoms with E-state index in [-0.39, 0.29) is 11.8 Å². The van der Waals surface area contributed by atoms with E-state index in [9.17, 15) is 9.59 Å². The zero-order chi connectivity index (χ0) is 18.6. The van der Waals surface area contributed by atoms with Crippen molar-refractivity contribution in [2.24, 2.45) is 11.7 Å². The number of carbonyl (C=O) groups excluding carboxylic acids is 2. The summed E-state index contributed by atoms with van der Waals surface area (Å²) in [6, 6.07) is 0.333. The van der Waals surface area contributed by atoms with Gasteiger partial charge in [0, 0.05) is 45.4 Å². The van der Waals surface area contributed by atoms with E-state index in [0.29, 0.717) is 57.6 Å². The highest BCUT2D eigenvalue weighted by molar-refractivity contribution is 5.86. The number of nitrogens with two attached hydrogens (primary N) is 1. The minimum Gasteiger partial charge on any atom is -0.381 e. The first-order valence-corrected chi connectivity index (χ1v) is 10.1. The molecule has 3 rings (SSSR count). The monoisotopic (exact) mass is 366 g/mol. The summed E-state index contributed by atoms with van der Waals surface area (Å²) in [6.45, 7) is 6.55. The largest absolute Gasteiger partial charge is 0.381 e. The molecule has 1 aliphatic carbocycles. The number of piperazine rings is 1. The Morgan fingerprint density at radius 3 is 2.50 bits per heavy atom. The second-order valence-electron chi connectivity index (χ2n) is 8.37. The molecule has 1 saturated carbocycles. The number of carbonyl (C=O) groups is 2. The molecule has 2 heterocycles. The minimum absolute atomic E-state index is 0.0427. The molecule has 0 aromatic carbocycles. The first-order valence-electron chi connectivity index (χ1n) is 10.1. The van der Waals surface area contributed by atoms with E-state index in [1.54, 1.807) is 0 Å². The highest BCUT2D eigenvalue weighted by Crippen LogP contribution is 2.23. The number of ether oxygens (including phenoxy) is 1. The Bertz CT molecular complexity index is 499. The van der Waals surface area contributed by atoms with Crippen LogP contribution in [-0.4, -0.2) is 79.1 Å². The summed E-state index contributed by atoms with van der Waals surface area (Å²) in [7, 11) is 0. The van der Waals surface area contributed by atoms with Crippen LogP contribution in [0.15, 0.2) is 0 Å². The average molecular weight is 367 g/mol. The Morgan fingerprint density at radius 1 is 1.15 bits per heavy atom. The van der Waals surface area contributed by atoms with Crippen molar-refractivity contribution >= 4 is 11.8 Å². The van der Waals surface area contributed by atoms with Crippen LogP contribution in [0.1, 0.15) is 45.4 Å². The minimum atomic E-state index is -0.768. The second-order valence-corrected chi connectivity index (χ2v) is 8.37. The Morgan fingerprint density at radius 2 is 1.85 bits per heavy atom. The van der Waals surface area contributed by atoms with Crippen LogP contribution in [0, 0.1) is 5.92 Å². The van der Waals surface area contributed by atoms with Crippen LogP contribution >= 0.6 is 0 Å². The van der Waals surface area contributed by atoms with Crippen LogP contribution < -0.4 is 11.1 Å². The average Bonchev–Trinajstić information content (AvgIpc) is 2.62. The summed E-state index contributed by atoms with van der Waals surface area (Å²) in [5.41, 5.74) is 5.55. The molecule has 0 spiro atoms. The Labute approximate surface area is 156 Å². The van der Waals surface area contributed by atoms with Gasteiger partial charge in [-0.05, 0) is 31.6 Å². The van der Waals surface area contributed by atoms with E-state index in [0.717, 1.165) is 25.9 Å². The number of hydrogen-bond donors (Lipinski definition) is 2. The van der Waals surface area contributed by atoms with E-state index in [1.165, 1.54) is 12.8 Å². The lowest BCUT2D eigenvalue weighted by Gasteiger charge is -2.40. The zero-order valence-electron chi connectivity index (χ0n) is 16.0. The number of hydrogen-bond acceptors (Lipinski definition) is 5. The summed E-state index contributed by atoms with van der Waals surface area (Å²) in [6.07, 6.45) is 5.86. The van der Waals surface area contributed by atoms with E-state index in [2.05, 4.69) is 17.1 Å². The van der Waals surface area contributed by atoms with Crippen molar-refractivity contribution in [2.45, 2.75) is 57.0 Å². The number of nitrogens with zero attached hydrogens (tertiary/aromatic N) is 2. The molecule has 7 nitrogen and oxygen atoms in total. The van der Waals surface area contributed by atoms with Crippen LogP contribution in [-0.2, 0) is 14.3 Å². The molecule has 0 radical (unpaired) electrons. The van der Waals surface area contributed by atoms with Gasteiger partial charge in [-0.15, -0.1) is 0 Å². The van der Waals surface area contributed by atoms with Gasteiger partial charge in [-0.3, -0.25) is 14.5 Å². The summed E-state index contributed by atoms with van der Waals surface area (Å²) in [5, 5.41) is 3.19. The molecule has 2 saturated heterocycles. The standard InChI is InChI=1S/C19H34N4O3/c1-15-3-2-4-16(13-15)21-17(24)14-22-7-9-23(10-8-22)18(25)19(20)5-11-26-12-6-19/h15-16H,2-14,20H2,1H3,(H,21,24). The molecule has 26 heavy (non-hydrogen) atoms. The van der Waals surface area contributed by atoms with Crippen molar-refractivity contribution in [3.63, 3.8) is 0 Å². The zero-order valence-corrected chi connectivity index (χ0v) is 16.0. The Kier molecular flexibility index (Phi) is 6.53. The van der Waals surface area contributed by atoms with Crippen LogP contribution in [0.25, 0.3) is 0 Å². The molecule has 3 N–H and O–H groups in total. The van der Waals surface area contributed by atoms with Gasteiger partial charge in [0.25, 0.3) is 0 Å². The molecule has 2 unspecified atom stereocenters. The van der Waals surface area contributed by atoms with Crippen molar-refractivity contribution in [3.05, 3.63) is 0 Å². The highest BCUT2D eigenvalue weighted by atomic mass is 16.5. The maximum Gasteiger partial charge on any atom is 0.242 e. The summed E-state index contributed by atoms with van der Waals surface area (Å²) in [4.78, 5) is 29.1. The Balaban J connectivity index is 1.40. The predicted octanol–water partition coefficient (Wildman–Crippen LogP) is 0.333.